The summed E-state index contributed by atoms with van der Waals surface area (Å²) in [6, 6.07) is 3.91. The third-order valence-corrected chi connectivity index (χ3v) is 3.01. The standard InChI is InChI=1S/C12H17NO/c1-8-5-9(2)10(11(14)6-8)7-12(13)3-4-12/h5-6,14H,3-4,7,13H2,1-2H3. The second-order valence-electron chi connectivity index (χ2n) is 4.62. The number of phenolic OH excluding ortho intramolecular Hbond substituents is 1. The third kappa shape index (κ3) is 1.75. The van der Waals surface area contributed by atoms with Crippen LogP contribution in [0.3, 0.4) is 0 Å². The Balaban J connectivity index is 2.32. The highest BCUT2D eigenvalue weighted by atomic mass is 16.3. The van der Waals surface area contributed by atoms with Crippen molar-refractivity contribution in [2.24, 2.45) is 5.73 Å². The van der Waals surface area contributed by atoms with Crippen LogP contribution in [-0.4, -0.2) is 10.6 Å². The van der Waals surface area contributed by atoms with E-state index in [0.29, 0.717) is 5.75 Å². The van der Waals surface area contributed by atoms with E-state index in [4.69, 9.17) is 5.73 Å². The van der Waals surface area contributed by atoms with Crippen LogP contribution in [0.25, 0.3) is 0 Å². The summed E-state index contributed by atoms with van der Waals surface area (Å²) in [4.78, 5) is 0. The minimum absolute atomic E-state index is 0.0303. The maximum absolute atomic E-state index is 9.81. The Morgan fingerprint density at radius 3 is 2.50 bits per heavy atom. The van der Waals surface area contributed by atoms with E-state index in [1.165, 1.54) is 0 Å². The molecule has 0 radical (unpaired) electrons. The molecular formula is C12H17NO. The molecule has 0 saturated heterocycles. The van der Waals surface area contributed by atoms with Crippen molar-refractivity contribution < 1.29 is 5.11 Å². The molecule has 0 bridgehead atoms. The summed E-state index contributed by atoms with van der Waals surface area (Å²) in [7, 11) is 0. The zero-order valence-corrected chi connectivity index (χ0v) is 8.80. The van der Waals surface area contributed by atoms with Crippen molar-refractivity contribution in [2.75, 3.05) is 0 Å². The van der Waals surface area contributed by atoms with E-state index < -0.39 is 0 Å². The molecule has 0 heterocycles. The van der Waals surface area contributed by atoms with Gasteiger partial charge in [0.1, 0.15) is 5.75 Å². The zero-order valence-electron chi connectivity index (χ0n) is 8.80. The monoisotopic (exact) mass is 191 g/mol. The largest absolute Gasteiger partial charge is 0.508 e. The number of phenols is 1. The molecule has 14 heavy (non-hydrogen) atoms. The molecular weight excluding hydrogens is 174 g/mol. The van der Waals surface area contributed by atoms with Gasteiger partial charge in [-0.3, -0.25) is 0 Å². The number of rotatable bonds is 2. The van der Waals surface area contributed by atoms with E-state index in [9.17, 15) is 5.11 Å². The number of hydrogen-bond donors (Lipinski definition) is 2. The molecule has 3 N–H and O–H groups in total. The van der Waals surface area contributed by atoms with Crippen molar-refractivity contribution in [1.29, 1.82) is 0 Å². The molecule has 0 aromatic heterocycles. The molecule has 2 heteroatoms. The van der Waals surface area contributed by atoms with Crippen molar-refractivity contribution in [3.8, 4) is 5.75 Å². The molecule has 0 spiro atoms. The van der Waals surface area contributed by atoms with E-state index in [2.05, 4.69) is 6.07 Å². The van der Waals surface area contributed by atoms with Crippen LogP contribution >= 0.6 is 0 Å². The van der Waals surface area contributed by atoms with Crippen LogP contribution in [0, 0.1) is 13.8 Å². The van der Waals surface area contributed by atoms with E-state index in [-0.39, 0.29) is 5.54 Å². The van der Waals surface area contributed by atoms with Gasteiger partial charge in [-0.1, -0.05) is 6.07 Å². The summed E-state index contributed by atoms with van der Waals surface area (Å²) < 4.78 is 0. The van der Waals surface area contributed by atoms with Crippen LogP contribution < -0.4 is 5.73 Å². The van der Waals surface area contributed by atoms with Crippen LogP contribution in [0.4, 0.5) is 0 Å². The predicted octanol–water partition coefficient (Wildman–Crippen LogP) is 2.04. The fourth-order valence-corrected chi connectivity index (χ4v) is 1.89. The summed E-state index contributed by atoms with van der Waals surface area (Å²) in [5.74, 6) is 0.402. The second-order valence-corrected chi connectivity index (χ2v) is 4.62. The van der Waals surface area contributed by atoms with Gasteiger partial charge in [0.15, 0.2) is 0 Å². The number of benzene rings is 1. The van der Waals surface area contributed by atoms with Gasteiger partial charge in [-0.2, -0.15) is 0 Å². The highest BCUT2D eigenvalue weighted by Crippen LogP contribution is 2.38. The maximum atomic E-state index is 9.81. The summed E-state index contributed by atoms with van der Waals surface area (Å²) in [6.45, 7) is 4.03. The molecule has 1 fully saturated rings. The summed E-state index contributed by atoms with van der Waals surface area (Å²) in [5.41, 5.74) is 9.29. The Morgan fingerprint density at radius 2 is 2.00 bits per heavy atom. The summed E-state index contributed by atoms with van der Waals surface area (Å²) >= 11 is 0. The molecule has 1 aromatic rings. The average Bonchev–Trinajstić information content (AvgIpc) is 2.77. The minimum Gasteiger partial charge on any atom is -0.508 e. The highest BCUT2D eigenvalue weighted by molar-refractivity contribution is 5.43. The Morgan fingerprint density at radius 1 is 1.36 bits per heavy atom. The number of nitrogens with two attached hydrogens (primary N) is 1. The molecule has 1 aliphatic rings. The Kier molecular flexibility index (Phi) is 2.04. The molecule has 0 amide bonds. The lowest BCUT2D eigenvalue weighted by Crippen LogP contribution is -2.25. The summed E-state index contributed by atoms with van der Waals surface area (Å²) in [6.07, 6.45) is 2.98. The first-order valence-corrected chi connectivity index (χ1v) is 5.08. The molecule has 1 aromatic carbocycles. The van der Waals surface area contributed by atoms with Gasteiger partial charge in [0.25, 0.3) is 0 Å². The molecule has 0 unspecified atom stereocenters. The lowest BCUT2D eigenvalue weighted by Gasteiger charge is -2.13. The molecule has 2 rings (SSSR count). The maximum Gasteiger partial charge on any atom is 0.119 e. The Bertz CT molecular complexity index is 344. The van der Waals surface area contributed by atoms with Crippen molar-refractivity contribution in [3.05, 3.63) is 28.8 Å². The topological polar surface area (TPSA) is 46.2 Å². The third-order valence-electron chi connectivity index (χ3n) is 3.01. The molecule has 0 atom stereocenters. The Labute approximate surface area is 84.7 Å². The molecule has 1 saturated carbocycles. The second kappa shape index (κ2) is 2.99. The average molecular weight is 191 g/mol. The van der Waals surface area contributed by atoms with E-state index >= 15 is 0 Å². The highest BCUT2D eigenvalue weighted by Gasteiger charge is 2.38. The predicted molar refractivity (Wildman–Crippen MR) is 57.4 cm³/mol. The fraction of sp³-hybridized carbons (Fsp3) is 0.500. The van der Waals surface area contributed by atoms with Crippen molar-refractivity contribution in [3.63, 3.8) is 0 Å². The van der Waals surface area contributed by atoms with Crippen LogP contribution in [0.2, 0.25) is 0 Å². The van der Waals surface area contributed by atoms with E-state index in [1.807, 2.05) is 19.9 Å². The fourth-order valence-electron chi connectivity index (χ4n) is 1.89. The van der Waals surface area contributed by atoms with Gasteiger partial charge in [0, 0.05) is 5.54 Å². The Hall–Kier alpha value is -1.02. The first-order valence-electron chi connectivity index (χ1n) is 5.08. The van der Waals surface area contributed by atoms with E-state index in [0.717, 1.165) is 36.0 Å². The zero-order chi connectivity index (χ0) is 10.3. The molecule has 76 valence electrons. The lowest BCUT2D eigenvalue weighted by molar-refractivity contribution is 0.462. The van der Waals surface area contributed by atoms with Crippen molar-refractivity contribution in [2.45, 2.75) is 38.6 Å². The van der Waals surface area contributed by atoms with Gasteiger partial charge in [0.2, 0.25) is 0 Å². The van der Waals surface area contributed by atoms with Crippen LogP contribution in [0.5, 0.6) is 5.75 Å². The van der Waals surface area contributed by atoms with Gasteiger partial charge < -0.3 is 10.8 Å². The SMILES string of the molecule is Cc1cc(C)c(CC2(N)CC2)c(O)c1. The smallest absolute Gasteiger partial charge is 0.119 e. The summed E-state index contributed by atoms with van der Waals surface area (Å²) in [5, 5.41) is 9.81. The molecule has 0 aliphatic heterocycles. The minimum atomic E-state index is -0.0303. The number of aromatic hydroxyl groups is 1. The normalized spacial score (nSPS) is 18.2. The van der Waals surface area contributed by atoms with Crippen molar-refractivity contribution in [1.82, 2.24) is 0 Å². The van der Waals surface area contributed by atoms with Gasteiger partial charge in [-0.05, 0) is 55.9 Å². The van der Waals surface area contributed by atoms with Crippen molar-refractivity contribution >= 4 is 0 Å². The number of aryl methyl sites for hydroxylation is 2. The van der Waals surface area contributed by atoms with E-state index in [1.54, 1.807) is 0 Å². The van der Waals surface area contributed by atoms with Gasteiger partial charge >= 0.3 is 0 Å². The number of hydrogen-bond acceptors (Lipinski definition) is 2. The molecule has 2 nitrogen and oxygen atoms in total. The van der Waals surface area contributed by atoms with Gasteiger partial charge in [-0.25, -0.2) is 0 Å². The van der Waals surface area contributed by atoms with Crippen LogP contribution in [0.15, 0.2) is 12.1 Å². The van der Waals surface area contributed by atoms with Crippen LogP contribution in [0.1, 0.15) is 29.5 Å². The van der Waals surface area contributed by atoms with Gasteiger partial charge in [0.05, 0.1) is 0 Å². The van der Waals surface area contributed by atoms with Gasteiger partial charge in [-0.15, -0.1) is 0 Å². The molecule has 1 aliphatic carbocycles. The first-order chi connectivity index (χ1) is 6.50. The first kappa shape index (κ1) is 9.53. The lowest BCUT2D eigenvalue weighted by atomic mass is 9.97. The van der Waals surface area contributed by atoms with Crippen LogP contribution in [-0.2, 0) is 6.42 Å². The quantitative estimate of drug-likeness (QED) is 0.751.